The number of aromatic amines is 4. The summed E-state index contributed by atoms with van der Waals surface area (Å²) in [5, 5.41) is 6.06. The Morgan fingerprint density at radius 2 is 1.38 bits per heavy atom. The lowest BCUT2D eigenvalue weighted by atomic mass is 10.5. The van der Waals surface area contributed by atoms with Crippen molar-refractivity contribution < 1.29 is 0 Å². The molecular weight excluding hydrogens is 218 g/mol. The third-order valence-electron chi connectivity index (χ3n) is 1.42. The van der Waals surface area contributed by atoms with E-state index >= 15 is 0 Å². The Hall–Kier alpha value is -2.78. The van der Waals surface area contributed by atoms with Crippen LogP contribution in [0.4, 0.5) is 0 Å². The van der Waals surface area contributed by atoms with Crippen molar-refractivity contribution in [3.63, 3.8) is 0 Å². The fraction of sp³-hybridized carbons (Fsp3) is 0. The van der Waals surface area contributed by atoms with E-state index in [9.17, 15) is 14.4 Å². The average molecular weight is 227 g/mol. The Bertz CT molecular complexity index is 667. The lowest BCUT2D eigenvalue weighted by Gasteiger charge is -1.83. The van der Waals surface area contributed by atoms with Crippen LogP contribution in [0.5, 0.6) is 0 Å². The molecule has 0 aliphatic rings. The summed E-state index contributed by atoms with van der Waals surface area (Å²) in [4.78, 5) is 41.0. The molecule has 0 saturated carbocycles. The van der Waals surface area contributed by atoms with Gasteiger partial charge >= 0.3 is 11.4 Å². The molecule has 0 radical (unpaired) electrons. The molecule has 0 fully saturated rings. The molecule has 0 amide bonds. The summed E-state index contributed by atoms with van der Waals surface area (Å²) in [6.07, 6.45) is 0. The van der Waals surface area contributed by atoms with Gasteiger partial charge in [-0.25, -0.2) is 9.59 Å². The standard InChI is InChI=1S/C5H4N4O3.CH5N3/c10-3-1-2(7-4(11)6-1)8-5(12)9-3;2-1(3)4/h(H4,6,7,8,9,10,11,12);(H5,2,3,4). The molecule has 0 bridgehead atoms. The van der Waals surface area contributed by atoms with Gasteiger partial charge < -0.3 is 11.5 Å². The first-order valence-electron chi connectivity index (χ1n) is 3.94. The summed E-state index contributed by atoms with van der Waals surface area (Å²) in [6.45, 7) is 0. The molecule has 2 aromatic heterocycles. The van der Waals surface area contributed by atoms with E-state index in [4.69, 9.17) is 5.41 Å². The fourth-order valence-corrected chi connectivity index (χ4v) is 0.958. The highest BCUT2D eigenvalue weighted by molar-refractivity contribution is 5.71. The second-order valence-electron chi connectivity index (χ2n) is 2.69. The lowest BCUT2D eigenvalue weighted by molar-refractivity contribution is 1.07. The second kappa shape index (κ2) is 4.16. The Labute approximate surface area is 86.2 Å². The van der Waals surface area contributed by atoms with Crippen molar-refractivity contribution in [3.05, 3.63) is 31.3 Å². The SMILES string of the molecule is N=C(N)N.O=c1[nH]c(=O)c2[nH]c(=O)[nH]c2[nH]1. The minimum Gasteiger partial charge on any atom is -0.370 e. The van der Waals surface area contributed by atoms with Crippen molar-refractivity contribution in [1.29, 1.82) is 5.41 Å². The van der Waals surface area contributed by atoms with E-state index in [1.807, 2.05) is 4.98 Å². The number of rotatable bonds is 0. The number of H-pyrrole nitrogens is 4. The molecule has 0 aromatic carbocycles. The van der Waals surface area contributed by atoms with E-state index < -0.39 is 16.9 Å². The zero-order chi connectivity index (χ0) is 12.3. The van der Waals surface area contributed by atoms with E-state index in [-0.39, 0.29) is 17.1 Å². The van der Waals surface area contributed by atoms with Gasteiger partial charge in [-0.2, -0.15) is 0 Å². The molecule has 0 aliphatic heterocycles. The molecule has 0 aliphatic carbocycles. The molecule has 2 heterocycles. The van der Waals surface area contributed by atoms with Crippen LogP contribution in [-0.2, 0) is 0 Å². The molecule has 0 atom stereocenters. The predicted octanol–water partition coefficient (Wildman–Crippen LogP) is -2.93. The van der Waals surface area contributed by atoms with E-state index in [1.54, 1.807) is 0 Å². The van der Waals surface area contributed by atoms with E-state index in [1.165, 1.54) is 0 Å². The largest absolute Gasteiger partial charge is 0.370 e. The van der Waals surface area contributed by atoms with Crippen LogP contribution in [-0.4, -0.2) is 25.9 Å². The molecule has 10 nitrogen and oxygen atoms in total. The van der Waals surface area contributed by atoms with Crippen molar-refractivity contribution in [2.45, 2.75) is 0 Å². The van der Waals surface area contributed by atoms with E-state index in [0.29, 0.717) is 0 Å². The summed E-state index contributed by atoms with van der Waals surface area (Å²) >= 11 is 0. The second-order valence-corrected chi connectivity index (χ2v) is 2.69. The van der Waals surface area contributed by atoms with Crippen LogP contribution in [0.3, 0.4) is 0 Å². The van der Waals surface area contributed by atoms with Gasteiger partial charge in [0.15, 0.2) is 5.96 Å². The quantitative estimate of drug-likeness (QED) is 0.187. The molecule has 2 rings (SSSR count). The molecule has 10 heteroatoms. The third-order valence-corrected chi connectivity index (χ3v) is 1.42. The number of aromatic nitrogens is 4. The van der Waals surface area contributed by atoms with Crippen molar-refractivity contribution in [1.82, 2.24) is 19.9 Å². The number of nitrogens with two attached hydrogens (primary N) is 2. The molecular formula is C6H9N7O3. The maximum Gasteiger partial charge on any atom is 0.327 e. The van der Waals surface area contributed by atoms with Gasteiger partial charge in [0.05, 0.1) is 0 Å². The van der Waals surface area contributed by atoms with E-state index in [2.05, 4.69) is 26.4 Å². The van der Waals surface area contributed by atoms with Crippen LogP contribution in [0.15, 0.2) is 14.4 Å². The zero-order valence-corrected chi connectivity index (χ0v) is 7.88. The summed E-state index contributed by atoms with van der Waals surface area (Å²) in [6, 6.07) is 0. The number of hydrogen-bond donors (Lipinski definition) is 7. The Morgan fingerprint density at radius 3 is 1.88 bits per heavy atom. The fourth-order valence-electron chi connectivity index (χ4n) is 0.958. The van der Waals surface area contributed by atoms with Crippen LogP contribution in [0.1, 0.15) is 0 Å². The Balaban J connectivity index is 0.000000280. The smallest absolute Gasteiger partial charge is 0.327 e. The van der Waals surface area contributed by atoms with Crippen LogP contribution in [0, 0.1) is 5.41 Å². The van der Waals surface area contributed by atoms with Crippen LogP contribution in [0.2, 0.25) is 0 Å². The normalized spacial score (nSPS) is 9.50. The van der Waals surface area contributed by atoms with E-state index in [0.717, 1.165) is 0 Å². The minimum absolute atomic E-state index is 0.0413. The number of guanidine groups is 1. The first kappa shape index (κ1) is 11.3. The summed E-state index contributed by atoms with van der Waals surface area (Å²) in [5.74, 6) is -0.333. The van der Waals surface area contributed by atoms with Gasteiger partial charge in [-0.15, -0.1) is 0 Å². The first-order chi connectivity index (χ1) is 7.40. The summed E-state index contributed by atoms with van der Waals surface area (Å²) in [7, 11) is 0. The number of nitrogens with one attached hydrogen (secondary N) is 5. The van der Waals surface area contributed by atoms with Crippen LogP contribution < -0.4 is 28.4 Å². The summed E-state index contributed by atoms with van der Waals surface area (Å²) < 4.78 is 0. The number of imidazole rings is 1. The molecule has 2 aromatic rings. The van der Waals surface area contributed by atoms with Gasteiger partial charge in [0.2, 0.25) is 0 Å². The van der Waals surface area contributed by atoms with Gasteiger partial charge in [-0.1, -0.05) is 0 Å². The van der Waals surface area contributed by atoms with Gasteiger partial charge in [0, 0.05) is 0 Å². The van der Waals surface area contributed by atoms with Gasteiger partial charge in [-0.3, -0.25) is 30.1 Å². The number of hydrogen-bond acceptors (Lipinski definition) is 4. The van der Waals surface area contributed by atoms with Crippen molar-refractivity contribution in [3.8, 4) is 0 Å². The van der Waals surface area contributed by atoms with Gasteiger partial charge in [-0.05, 0) is 0 Å². The average Bonchev–Trinajstić information content (AvgIpc) is 2.44. The highest BCUT2D eigenvalue weighted by Crippen LogP contribution is 1.88. The van der Waals surface area contributed by atoms with Crippen molar-refractivity contribution in [2.24, 2.45) is 11.5 Å². The molecule has 0 saturated heterocycles. The lowest BCUT2D eigenvalue weighted by Crippen LogP contribution is -2.21. The molecule has 0 spiro atoms. The summed E-state index contributed by atoms with van der Waals surface area (Å²) in [5.41, 5.74) is 7.29. The van der Waals surface area contributed by atoms with Crippen LogP contribution in [0.25, 0.3) is 11.2 Å². The highest BCUT2D eigenvalue weighted by atomic mass is 16.2. The third kappa shape index (κ3) is 2.60. The maximum absolute atomic E-state index is 10.9. The van der Waals surface area contributed by atoms with Crippen LogP contribution >= 0.6 is 0 Å². The zero-order valence-electron chi connectivity index (χ0n) is 7.88. The minimum atomic E-state index is -0.650. The molecule has 16 heavy (non-hydrogen) atoms. The first-order valence-corrected chi connectivity index (χ1v) is 3.94. The molecule has 86 valence electrons. The number of fused-ring (bicyclic) bond motifs is 1. The predicted molar refractivity (Wildman–Crippen MR) is 56.3 cm³/mol. The van der Waals surface area contributed by atoms with Crippen molar-refractivity contribution >= 4 is 17.1 Å². The van der Waals surface area contributed by atoms with Gasteiger partial charge in [0.1, 0.15) is 11.2 Å². The molecule has 0 unspecified atom stereocenters. The van der Waals surface area contributed by atoms with Gasteiger partial charge in [0.25, 0.3) is 5.56 Å². The van der Waals surface area contributed by atoms with Crippen molar-refractivity contribution in [2.75, 3.05) is 0 Å². The monoisotopic (exact) mass is 227 g/mol. The Morgan fingerprint density at radius 1 is 0.938 bits per heavy atom. The Kier molecular flexibility index (Phi) is 2.94. The topological polar surface area (TPSA) is 190 Å². The maximum atomic E-state index is 10.9. The molecule has 9 N–H and O–H groups in total. The highest BCUT2D eigenvalue weighted by Gasteiger charge is 2.02.